The molecule has 1 aliphatic rings. The minimum atomic E-state index is -3.41. The number of sulfonamides is 1. The molecule has 1 aromatic heterocycles. The average Bonchev–Trinajstić information content (AvgIpc) is 2.83. The molecule has 0 aliphatic carbocycles. The van der Waals surface area contributed by atoms with Crippen molar-refractivity contribution in [3.63, 3.8) is 0 Å². The Morgan fingerprint density at radius 2 is 2.24 bits per heavy atom. The summed E-state index contributed by atoms with van der Waals surface area (Å²) in [5, 5.41) is 3.76. The fourth-order valence-electron chi connectivity index (χ4n) is 2.50. The molecule has 0 unspecified atom stereocenters. The van der Waals surface area contributed by atoms with Gasteiger partial charge in [-0.15, -0.1) is 0 Å². The standard InChI is InChI=1S/C12H20N4O4S/c1-8(15-21(3,18)19)12(17)16-6-4-5-10(7-16)11-13-9(2)14-20-11/h8,10,15H,4-7H2,1-3H3/t8-,10-/m1/s1. The van der Waals surface area contributed by atoms with Crippen LogP contribution in [-0.4, -0.2) is 54.8 Å². The summed E-state index contributed by atoms with van der Waals surface area (Å²) in [6, 6.07) is -0.775. The van der Waals surface area contributed by atoms with Gasteiger partial charge < -0.3 is 9.42 Å². The maximum atomic E-state index is 12.3. The first-order chi connectivity index (χ1) is 9.76. The van der Waals surface area contributed by atoms with E-state index in [1.165, 1.54) is 0 Å². The third kappa shape index (κ3) is 4.24. The highest BCUT2D eigenvalue weighted by Crippen LogP contribution is 2.25. The molecule has 9 heteroatoms. The zero-order chi connectivity index (χ0) is 15.6. The second kappa shape index (κ2) is 6.10. The lowest BCUT2D eigenvalue weighted by Gasteiger charge is -2.32. The molecule has 1 amide bonds. The Labute approximate surface area is 123 Å². The zero-order valence-electron chi connectivity index (χ0n) is 12.4. The third-order valence-electron chi connectivity index (χ3n) is 3.39. The van der Waals surface area contributed by atoms with Crippen molar-refractivity contribution in [1.82, 2.24) is 19.8 Å². The summed E-state index contributed by atoms with van der Waals surface area (Å²) >= 11 is 0. The molecule has 1 N–H and O–H groups in total. The molecule has 2 heterocycles. The molecule has 2 rings (SSSR count). The molecule has 8 nitrogen and oxygen atoms in total. The van der Waals surface area contributed by atoms with Crippen LogP contribution in [0.2, 0.25) is 0 Å². The van der Waals surface area contributed by atoms with E-state index in [-0.39, 0.29) is 11.8 Å². The number of hydrogen-bond donors (Lipinski definition) is 1. The average molecular weight is 316 g/mol. The summed E-state index contributed by atoms with van der Waals surface area (Å²) in [4.78, 5) is 18.1. The number of piperidine rings is 1. The highest BCUT2D eigenvalue weighted by molar-refractivity contribution is 7.88. The number of aromatic nitrogens is 2. The van der Waals surface area contributed by atoms with Crippen molar-refractivity contribution in [2.24, 2.45) is 0 Å². The monoisotopic (exact) mass is 316 g/mol. The van der Waals surface area contributed by atoms with E-state index in [1.807, 2.05) is 0 Å². The van der Waals surface area contributed by atoms with Crippen molar-refractivity contribution < 1.29 is 17.7 Å². The summed E-state index contributed by atoms with van der Waals surface area (Å²) < 4.78 is 29.9. The van der Waals surface area contributed by atoms with Crippen LogP contribution in [-0.2, 0) is 14.8 Å². The maximum absolute atomic E-state index is 12.3. The quantitative estimate of drug-likeness (QED) is 0.839. The molecule has 118 valence electrons. The van der Waals surface area contributed by atoms with Gasteiger partial charge >= 0.3 is 0 Å². The van der Waals surface area contributed by atoms with E-state index in [0.717, 1.165) is 19.1 Å². The van der Waals surface area contributed by atoms with Crippen LogP contribution in [0.5, 0.6) is 0 Å². The summed E-state index contributed by atoms with van der Waals surface area (Å²) in [5.74, 6) is 0.880. The fourth-order valence-corrected chi connectivity index (χ4v) is 3.25. The number of likely N-dealkylation sites (tertiary alicyclic amines) is 1. The van der Waals surface area contributed by atoms with E-state index in [2.05, 4.69) is 14.9 Å². The number of nitrogens with one attached hydrogen (secondary N) is 1. The van der Waals surface area contributed by atoms with Crippen LogP contribution in [0, 0.1) is 6.92 Å². The second-order valence-electron chi connectivity index (χ2n) is 5.41. The van der Waals surface area contributed by atoms with E-state index in [0.29, 0.717) is 24.8 Å². The molecule has 0 aromatic carbocycles. The molecular weight excluding hydrogens is 296 g/mol. The van der Waals surface area contributed by atoms with E-state index >= 15 is 0 Å². The molecule has 1 aromatic rings. The molecule has 21 heavy (non-hydrogen) atoms. The van der Waals surface area contributed by atoms with E-state index in [9.17, 15) is 13.2 Å². The second-order valence-corrected chi connectivity index (χ2v) is 7.19. The molecule has 0 bridgehead atoms. The Hall–Kier alpha value is -1.48. The molecule has 0 radical (unpaired) electrons. The van der Waals surface area contributed by atoms with Crippen LogP contribution in [0.3, 0.4) is 0 Å². The Morgan fingerprint density at radius 3 is 2.81 bits per heavy atom. The van der Waals surface area contributed by atoms with Gasteiger partial charge in [0.1, 0.15) is 0 Å². The summed E-state index contributed by atoms with van der Waals surface area (Å²) in [6.07, 6.45) is 2.74. The number of rotatable bonds is 4. The number of carbonyl (C=O) groups excluding carboxylic acids is 1. The topological polar surface area (TPSA) is 105 Å². The van der Waals surface area contributed by atoms with E-state index in [1.54, 1.807) is 18.7 Å². The van der Waals surface area contributed by atoms with Crippen molar-refractivity contribution >= 4 is 15.9 Å². The van der Waals surface area contributed by atoms with Gasteiger partial charge in [0, 0.05) is 13.1 Å². The molecular formula is C12H20N4O4S. The minimum Gasteiger partial charge on any atom is -0.341 e. The third-order valence-corrected chi connectivity index (χ3v) is 4.17. The van der Waals surface area contributed by atoms with Gasteiger partial charge in [0.25, 0.3) is 0 Å². The van der Waals surface area contributed by atoms with Crippen LogP contribution in [0.4, 0.5) is 0 Å². The zero-order valence-corrected chi connectivity index (χ0v) is 13.2. The number of hydrogen-bond acceptors (Lipinski definition) is 6. The first kappa shape index (κ1) is 15.9. The molecule has 1 saturated heterocycles. The van der Waals surface area contributed by atoms with Gasteiger partial charge in [-0.05, 0) is 26.7 Å². The Bertz CT molecular complexity index is 613. The molecule has 2 atom stereocenters. The SMILES string of the molecule is Cc1noc([C@@H]2CCCN(C(=O)[C@@H](C)NS(C)(=O)=O)C2)n1. The predicted molar refractivity (Wildman–Crippen MR) is 75.0 cm³/mol. The minimum absolute atomic E-state index is 0.00864. The van der Waals surface area contributed by atoms with Crippen LogP contribution in [0.1, 0.15) is 37.4 Å². The normalized spacial score (nSPS) is 21.3. The van der Waals surface area contributed by atoms with Gasteiger partial charge in [-0.25, -0.2) is 13.1 Å². The maximum Gasteiger partial charge on any atom is 0.240 e. The van der Waals surface area contributed by atoms with Gasteiger partial charge in [-0.1, -0.05) is 5.16 Å². The molecule has 1 fully saturated rings. The van der Waals surface area contributed by atoms with Crippen LogP contribution in [0.15, 0.2) is 4.52 Å². The lowest BCUT2D eigenvalue weighted by Crippen LogP contribution is -2.49. The van der Waals surface area contributed by atoms with Gasteiger partial charge in [0.05, 0.1) is 18.2 Å². The predicted octanol–water partition coefficient (Wildman–Crippen LogP) is 0.0217. The number of carbonyl (C=O) groups is 1. The van der Waals surface area contributed by atoms with Crippen molar-refractivity contribution in [2.75, 3.05) is 19.3 Å². The van der Waals surface area contributed by atoms with E-state index < -0.39 is 16.1 Å². The lowest BCUT2D eigenvalue weighted by atomic mass is 9.97. The number of aryl methyl sites for hydroxylation is 1. The Kier molecular flexibility index (Phi) is 4.62. The first-order valence-corrected chi connectivity index (χ1v) is 8.71. The van der Waals surface area contributed by atoms with Crippen LogP contribution in [0.25, 0.3) is 0 Å². The summed E-state index contributed by atoms with van der Waals surface area (Å²) in [6.45, 7) is 4.37. The van der Waals surface area contributed by atoms with Crippen molar-refractivity contribution in [3.8, 4) is 0 Å². The number of amides is 1. The Balaban J connectivity index is 2.02. The van der Waals surface area contributed by atoms with Crippen molar-refractivity contribution in [1.29, 1.82) is 0 Å². The van der Waals surface area contributed by atoms with Crippen molar-refractivity contribution in [2.45, 2.75) is 38.6 Å². The van der Waals surface area contributed by atoms with Crippen LogP contribution < -0.4 is 4.72 Å². The summed E-state index contributed by atoms with van der Waals surface area (Å²) in [7, 11) is -3.41. The van der Waals surface area contributed by atoms with E-state index in [4.69, 9.17) is 4.52 Å². The first-order valence-electron chi connectivity index (χ1n) is 6.82. The highest BCUT2D eigenvalue weighted by atomic mass is 32.2. The van der Waals surface area contributed by atoms with Gasteiger partial charge in [0.15, 0.2) is 5.82 Å². The molecule has 0 spiro atoms. The van der Waals surface area contributed by atoms with Gasteiger partial charge in [-0.2, -0.15) is 4.98 Å². The largest absolute Gasteiger partial charge is 0.341 e. The van der Waals surface area contributed by atoms with Crippen molar-refractivity contribution in [3.05, 3.63) is 11.7 Å². The molecule has 0 saturated carbocycles. The smallest absolute Gasteiger partial charge is 0.240 e. The molecule has 1 aliphatic heterocycles. The van der Waals surface area contributed by atoms with Crippen LogP contribution >= 0.6 is 0 Å². The number of nitrogens with zero attached hydrogens (tertiary/aromatic N) is 3. The van der Waals surface area contributed by atoms with Gasteiger partial charge in [0.2, 0.25) is 21.8 Å². The van der Waals surface area contributed by atoms with Gasteiger partial charge in [-0.3, -0.25) is 4.79 Å². The summed E-state index contributed by atoms with van der Waals surface area (Å²) in [5.41, 5.74) is 0. The Morgan fingerprint density at radius 1 is 1.52 bits per heavy atom. The highest BCUT2D eigenvalue weighted by Gasteiger charge is 2.31. The lowest BCUT2D eigenvalue weighted by molar-refractivity contribution is -0.133. The fraction of sp³-hybridized carbons (Fsp3) is 0.750.